The maximum absolute atomic E-state index is 11.3. The van der Waals surface area contributed by atoms with Crippen LogP contribution in [0.3, 0.4) is 0 Å². The van der Waals surface area contributed by atoms with Crippen molar-refractivity contribution in [1.29, 1.82) is 0 Å². The number of rotatable bonds is 4. The highest BCUT2D eigenvalue weighted by Gasteiger charge is 2.20. The Morgan fingerprint density at radius 3 is 2.16 bits per heavy atom. The third-order valence-electron chi connectivity index (χ3n) is 6.37. The molecule has 0 aliphatic heterocycles. The van der Waals surface area contributed by atoms with Crippen LogP contribution in [-0.4, -0.2) is 6.29 Å². The van der Waals surface area contributed by atoms with Gasteiger partial charge in [-0.3, -0.25) is 4.79 Å². The van der Waals surface area contributed by atoms with Crippen LogP contribution < -0.4 is 0 Å². The van der Waals surface area contributed by atoms with E-state index < -0.39 is 0 Å². The van der Waals surface area contributed by atoms with Crippen molar-refractivity contribution in [3.8, 4) is 11.1 Å². The summed E-state index contributed by atoms with van der Waals surface area (Å²) in [6.07, 6.45) is 4.13. The first-order valence-electron chi connectivity index (χ1n) is 11.3. The van der Waals surface area contributed by atoms with E-state index >= 15 is 0 Å². The number of benzene rings is 4. The Balaban J connectivity index is 1.70. The van der Waals surface area contributed by atoms with Crippen LogP contribution in [0.25, 0.3) is 22.3 Å². The van der Waals surface area contributed by atoms with Gasteiger partial charge in [-0.2, -0.15) is 0 Å². The van der Waals surface area contributed by atoms with Crippen LogP contribution in [0.5, 0.6) is 0 Å². The van der Waals surface area contributed by atoms with E-state index in [4.69, 9.17) is 0 Å². The molecule has 0 unspecified atom stereocenters. The van der Waals surface area contributed by atoms with E-state index in [-0.39, 0.29) is 0 Å². The van der Waals surface area contributed by atoms with Gasteiger partial charge in [-0.25, -0.2) is 0 Å². The zero-order chi connectivity index (χ0) is 21.9. The molecule has 1 nitrogen and oxygen atoms in total. The van der Waals surface area contributed by atoms with E-state index in [1.165, 1.54) is 44.5 Å². The van der Waals surface area contributed by atoms with Gasteiger partial charge in [0.1, 0.15) is 6.29 Å². The molecule has 4 aromatic carbocycles. The van der Waals surface area contributed by atoms with Crippen molar-refractivity contribution in [2.45, 2.75) is 26.2 Å². The highest BCUT2D eigenvalue weighted by atomic mass is 16.1. The summed E-state index contributed by atoms with van der Waals surface area (Å²) in [4.78, 5) is 11.3. The summed E-state index contributed by atoms with van der Waals surface area (Å²) in [5, 5.41) is 0. The van der Waals surface area contributed by atoms with Crippen LogP contribution in [0.4, 0.5) is 0 Å². The average molecular weight is 415 g/mol. The first-order valence-corrected chi connectivity index (χ1v) is 11.3. The summed E-state index contributed by atoms with van der Waals surface area (Å²) in [5.41, 5.74) is 12.3. The monoisotopic (exact) mass is 414 g/mol. The molecule has 0 N–H and O–H groups in total. The van der Waals surface area contributed by atoms with Crippen molar-refractivity contribution in [2.75, 3.05) is 0 Å². The average Bonchev–Trinajstić information content (AvgIpc) is 3.04. The normalized spacial score (nSPS) is 13.4. The Bertz CT molecular complexity index is 1290. The SMILES string of the molecule is Cc1ccc(C2=C(c3ccccc3)CCCc3cc(-c4cccc(C=O)c4)ccc32)cc1. The lowest BCUT2D eigenvalue weighted by Crippen LogP contribution is -1.97. The Morgan fingerprint density at radius 1 is 0.656 bits per heavy atom. The predicted molar refractivity (Wildman–Crippen MR) is 134 cm³/mol. The van der Waals surface area contributed by atoms with Gasteiger partial charge in [0.2, 0.25) is 0 Å². The van der Waals surface area contributed by atoms with E-state index in [9.17, 15) is 4.79 Å². The predicted octanol–water partition coefficient (Wildman–Crippen LogP) is 7.77. The zero-order valence-corrected chi connectivity index (χ0v) is 18.3. The molecule has 1 aliphatic carbocycles. The van der Waals surface area contributed by atoms with Crippen LogP contribution in [-0.2, 0) is 6.42 Å². The zero-order valence-electron chi connectivity index (χ0n) is 18.3. The molecule has 156 valence electrons. The van der Waals surface area contributed by atoms with Gasteiger partial charge in [-0.15, -0.1) is 0 Å². The maximum atomic E-state index is 11.3. The van der Waals surface area contributed by atoms with Crippen molar-refractivity contribution in [3.05, 3.63) is 130 Å². The summed E-state index contributed by atoms with van der Waals surface area (Å²) in [5.74, 6) is 0. The molecule has 0 aromatic heterocycles. The van der Waals surface area contributed by atoms with E-state index in [0.717, 1.165) is 31.1 Å². The summed E-state index contributed by atoms with van der Waals surface area (Å²) in [7, 11) is 0. The number of hydrogen-bond donors (Lipinski definition) is 0. The molecule has 0 amide bonds. The van der Waals surface area contributed by atoms with Crippen LogP contribution in [0.2, 0.25) is 0 Å². The number of aldehydes is 1. The molecule has 0 saturated carbocycles. The Labute approximate surface area is 190 Å². The molecule has 0 radical (unpaired) electrons. The van der Waals surface area contributed by atoms with Gasteiger partial charge in [0, 0.05) is 5.56 Å². The fraction of sp³-hybridized carbons (Fsp3) is 0.129. The van der Waals surface area contributed by atoms with Gasteiger partial charge in [0.25, 0.3) is 0 Å². The fourth-order valence-electron chi connectivity index (χ4n) is 4.74. The number of hydrogen-bond acceptors (Lipinski definition) is 1. The molecule has 1 aliphatic rings. The summed E-state index contributed by atoms with van der Waals surface area (Å²) in [6.45, 7) is 2.14. The highest BCUT2D eigenvalue weighted by Crippen LogP contribution is 2.41. The van der Waals surface area contributed by atoms with Crippen LogP contribution in [0.15, 0.2) is 97.1 Å². The first kappa shape index (κ1) is 20.2. The minimum atomic E-state index is 0.712. The molecule has 0 bridgehead atoms. The second-order valence-electron chi connectivity index (χ2n) is 8.55. The van der Waals surface area contributed by atoms with Gasteiger partial charge < -0.3 is 0 Å². The molecule has 0 spiro atoms. The van der Waals surface area contributed by atoms with E-state index in [1.54, 1.807) is 0 Å². The molecule has 0 atom stereocenters. The van der Waals surface area contributed by atoms with Gasteiger partial charge >= 0.3 is 0 Å². The molecule has 0 saturated heterocycles. The van der Waals surface area contributed by atoms with Crippen LogP contribution in [0, 0.1) is 6.92 Å². The first-order chi connectivity index (χ1) is 15.7. The summed E-state index contributed by atoms with van der Waals surface area (Å²) < 4.78 is 0. The molecule has 4 aromatic rings. The molecular weight excluding hydrogens is 388 g/mol. The minimum Gasteiger partial charge on any atom is -0.298 e. The fourth-order valence-corrected chi connectivity index (χ4v) is 4.74. The Hall–Kier alpha value is -3.71. The molecular formula is C31H26O. The van der Waals surface area contributed by atoms with E-state index in [2.05, 4.69) is 85.8 Å². The van der Waals surface area contributed by atoms with Crippen LogP contribution in [0.1, 0.15) is 51.0 Å². The third kappa shape index (κ3) is 3.94. The summed E-state index contributed by atoms with van der Waals surface area (Å²) >= 11 is 0. The van der Waals surface area contributed by atoms with Crippen molar-refractivity contribution < 1.29 is 4.79 Å². The number of fused-ring (bicyclic) bond motifs is 1. The van der Waals surface area contributed by atoms with Gasteiger partial charge in [0.15, 0.2) is 0 Å². The molecule has 0 heterocycles. The van der Waals surface area contributed by atoms with Crippen molar-refractivity contribution >= 4 is 17.4 Å². The summed E-state index contributed by atoms with van der Waals surface area (Å²) in [6, 6.07) is 34.4. The van der Waals surface area contributed by atoms with Crippen molar-refractivity contribution in [2.24, 2.45) is 0 Å². The lowest BCUT2D eigenvalue weighted by atomic mass is 9.86. The number of carbonyl (C=O) groups excluding carboxylic acids is 1. The Kier molecular flexibility index (Phi) is 5.56. The van der Waals surface area contributed by atoms with Crippen molar-refractivity contribution in [3.63, 3.8) is 0 Å². The number of allylic oxidation sites excluding steroid dienone is 1. The topological polar surface area (TPSA) is 17.1 Å². The lowest BCUT2D eigenvalue weighted by molar-refractivity contribution is 0.112. The van der Waals surface area contributed by atoms with Gasteiger partial charge in [0.05, 0.1) is 0 Å². The highest BCUT2D eigenvalue weighted by molar-refractivity contribution is 6.00. The standard InChI is InChI=1S/C31H26O/c1-22-13-15-25(16-14-22)31-29(24-8-3-2-4-9-24)12-6-11-28-20-27(17-18-30(28)31)26-10-5-7-23(19-26)21-32/h2-5,7-10,13-21H,6,11-12H2,1H3. The maximum Gasteiger partial charge on any atom is 0.150 e. The van der Waals surface area contributed by atoms with E-state index in [0.29, 0.717) is 5.56 Å². The minimum absolute atomic E-state index is 0.712. The van der Waals surface area contributed by atoms with Gasteiger partial charge in [-0.1, -0.05) is 96.6 Å². The van der Waals surface area contributed by atoms with E-state index in [1.807, 2.05) is 18.2 Å². The smallest absolute Gasteiger partial charge is 0.150 e. The number of aryl methyl sites for hydroxylation is 2. The largest absolute Gasteiger partial charge is 0.298 e. The quantitative estimate of drug-likeness (QED) is 0.312. The molecule has 32 heavy (non-hydrogen) atoms. The lowest BCUT2D eigenvalue weighted by Gasteiger charge is -2.17. The van der Waals surface area contributed by atoms with Gasteiger partial charge in [-0.05, 0) is 76.8 Å². The third-order valence-corrected chi connectivity index (χ3v) is 6.37. The molecule has 1 heteroatoms. The second-order valence-corrected chi connectivity index (χ2v) is 8.55. The second kappa shape index (κ2) is 8.80. The number of carbonyl (C=O) groups is 1. The van der Waals surface area contributed by atoms with Crippen LogP contribution >= 0.6 is 0 Å². The molecule has 0 fully saturated rings. The Morgan fingerprint density at radius 2 is 1.38 bits per heavy atom. The molecule has 5 rings (SSSR count). The van der Waals surface area contributed by atoms with Crippen molar-refractivity contribution in [1.82, 2.24) is 0 Å².